The van der Waals surface area contributed by atoms with Gasteiger partial charge in [-0.2, -0.15) is 0 Å². The zero-order valence-corrected chi connectivity index (χ0v) is 11.3. The van der Waals surface area contributed by atoms with Crippen LogP contribution in [0.3, 0.4) is 0 Å². The molecule has 1 heterocycles. The van der Waals surface area contributed by atoms with Gasteiger partial charge in [0.2, 0.25) is 0 Å². The molecule has 2 unspecified atom stereocenters. The molecule has 16 heavy (non-hydrogen) atoms. The number of hydrogen-bond donors (Lipinski definition) is 1. The van der Waals surface area contributed by atoms with E-state index < -0.39 is 0 Å². The molecule has 0 radical (unpaired) electrons. The molecule has 2 rings (SSSR count). The average Bonchev–Trinajstić information content (AvgIpc) is 2.98. The smallest absolute Gasteiger partial charge is 0.0117 e. The molecule has 0 amide bonds. The van der Waals surface area contributed by atoms with Gasteiger partial charge in [-0.05, 0) is 50.6 Å². The monoisotopic (exact) mass is 224 g/mol. The van der Waals surface area contributed by atoms with Crippen LogP contribution in [-0.4, -0.2) is 37.6 Å². The third kappa shape index (κ3) is 2.98. The normalized spacial score (nSPS) is 33.9. The van der Waals surface area contributed by atoms with Crippen molar-refractivity contribution in [3.63, 3.8) is 0 Å². The minimum Gasteiger partial charge on any atom is -0.313 e. The van der Waals surface area contributed by atoms with E-state index in [0.717, 1.165) is 12.0 Å². The minimum atomic E-state index is 0.706. The van der Waals surface area contributed by atoms with Gasteiger partial charge in [-0.1, -0.05) is 20.3 Å². The molecular formula is C14H28N2. The van der Waals surface area contributed by atoms with Crippen LogP contribution in [0.25, 0.3) is 0 Å². The molecule has 0 bridgehead atoms. The number of nitrogens with zero attached hydrogens (tertiary/aromatic N) is 1. The largest absolute Gasteiger partial charge is 0.313 e. The van der Waals surface area contributed by atoms with Crippen molar-refractivity contribution in [2.75, 3.05) is 26.7 Å². The molecule has 94 valence electrons. The van der Waals surface area contributed by atoms with Gasteiger partial charge in [-0.25, -0.2) is 0 Å². The van der Waals surface area contributed by atoms with Crippen molar-refractivity contribution in [1.29, 1.82) is 0 Å². The molecule has 1 saturated carbocycles. The van der Waals surface area contributed by atoms with Gasteiger partial charge in [-0.15, -0.1) is 0 Å². The second-order valence-corrected chi connectivity index (χ2v) is 6.27. The standard InChI is InChI=1S/C14H28N2/c1-4-6-14(7-8-14)11-15-13-5-9-16(3)10-12(13)2/h12-13,15H,4-11H2,1-3H3. The minimum absolute atomic E-state index is 0.706. The zero-order valence-electron chi connectivity index (χ0n) is 11.3. The van der Waals surface area contributed by atoms with Gasteiger partial charge in [0.1, 0.15) is 0 Å². The van der Waals surface area contributed by atoms with Crippen LogP contribution in [0.5, 0.6) is 0 Å². The molecule has 1 saturated heterocycles. The van der Waals surface area contributed by atoms with Crippen molar-refractivity contribution in [3.05, 3.63) is 0 Å². The number of rotatable bonds is 5. The van der Waals surface area contributed by atoms with Gasteiger partial charge < -0.3 is 10.2 Å². The highest BCUT2D eigenvalue weighted by molar-refractivity contribution is 4.96. The summed E-state index contributed by atoms with van der Waals surface area (Å²) in [6, 6.07) is 0.769. The lowest BCUT2D eigenvalue weighted by Gasteiger charge is -2.36. The Bertz CT molecular complexity index is 223. The first-order chi connectivity index (χ1) is 7.65. The fraction of sp³-hybridized carbons (Fsp3) is 1.00. The van der Waals surface area contributed by atoms with Crippen molar-refractivity contribution in [2.45, 2.75) is 52.0 Å². The van der Waals surface area contributed by atoms with E-state index in [2.05, 4.69) is 31.1 Å². The molecule has 1 aliphatic carbocycles. The van der Waals surface area contributed by atoms with Crippen LogP contribution >= 0.6 is 0 Å². The molecule has 0 aromatic rings. The molecule has 2 aliphatic rings. The van der Waals surface area contributed by atoms with Crippen molar-refractivity contribution in [2.24, 2.45) is 11.3 Å². The highest BCUT2D eigenvalue weighted by Gasteiger charge is 2.41. The molecule has 0 aromatic heterocycles. The fourth-order valence-corrected chi connectivity index (χ4v) is 3.23. The van der Waals surface area contributed by atoms with Crippen LogP contribution < -0.4 is 5.32 Å². The third-order valence-corrected chi connectivity index (χ3v) is 4.59. The second-order valence-electron chi connectivity index (χ2n) is 6.27. The predicted octanol–water partition coefficient (Wildman–Crippen LogP) is 2.50. The Morgan fingerprint density at radius 1 is 1.38 bits per heavy atom. The zero-order chi connectivity index (χ0) is 11.6. The van der Waals surface area contributed by atoms with E-state index in [9.17, 15) is 0 Å². The van der Waals surface area contributed by atoms with Crippen LogP contribution in [0.1, 0.15) is 46.0 Å². The summed E-state index contributed by atoms with van der Waals surface area (Å²) in [7, 11) is 2.24. The summed E-state index contributed by atoms with van der Waals surface area (Å²) in [5.74, 6) is 0.816. The quantitative estimate of drug-likeness (QED) is 0.772. The van der Waals surface area contributed by atoms with E-state index in [-0.39, 0.29) is 0 Å². The van der Waals surface area contributed by atoms with E-state index in [1.165, 1.54) is 51.7 Å². The molecule has 2 fully saturated rings. The van der Waals surface area contributed by atoms with Gasteiger partial charge in [0.25, 0.3) is 0 Å². The SMILES string of the molecule is CCCC1(CNC2CCN(C)CC2C)CC1. The van der Waals surface area contributed by atoms with Crippen molar-refractivity contribution in [1.82, 2.24) is 10.2 Å². The summed E-state index contributed by atoms with van der Waals surface area (Å²) in [6.45, 7) is 8.52. The Kier molecular flexibility index (Phi) is 3.91. The lowest BCUT2D eigenvalue weighted by molar-refractivity contribution is 0.169. The van der Waals surface area contributed by atoms with Gasteiger partial charge in [0.05, 0.1) is 0 Å². The molecule has 2 atom stereocenters. The number of nitrogens with one attached hydrogen (secondary N) is 1. The van der Waals surface area contributed by atoms with Crippen molar-refractivity contribution in [3.8, 4) is 0 Å². The van der Waals surface area contributed by atoms with Gasteiger partial charge >= 0.3 is 0 Å². The second kappa shape index (κ2) is 5.05. The summed E-state index contributed by atoms with van der Waals surface area (Å²) in [6.07, 6.45) is 7.05. The fourth-order valence-electron chi connectivity index (χ4n) is 3.23. The Balaban J connectivity index is 1.73. The number of hydrogen-bond acceptors (Lipinski definition) is 2. The Labute approximate surface area is 101 Å². The molecule has 1 N–H and O–H groups in total. The molecule has 2 heteroatoms. The van der Waals surface area contributed by atoms with Crippen LogP contribution in [0.15, 0.2) is 0 Å². The summed E-state index contributed by atoms with van der Waals surface area (Å²) in [4.78, 5) is 2.46. The van der Waals surface area contributed by atoms with Gasteiger partial charge in [-0.3, -0.25) is 0 Å². The van der Waals surface area contributed by atoms with Crippen molar-refractivity contribution >= 4 is 0 Å². The summed E-state index contributed by atoms with van der Waals surface area (Å²) < 4.78 is 0. The third-order valence-electron chi connectivity index (χ3n) is 4.59. The predicted molar refractivity (Wildman–Crippen MR) is 69.6 cm³/mol. The first kappa shape index (κ1) is 12.4. The first-order valence-electron chi connectivity index (χ1n) is 7.07. The lowest BCUT2D eigenvalue weighted by Crippen LogP contribution is -2.48. The maximum Gasteiger partial charge on any atom is 0.0117 e. The van der Waals surface area contributed by atoms with Crippen molar-refractivity contribution < 1.29 is 0 Å². The van der Waals surface area contributed by atoms with Crippen LogP contribution in [-0.2, 0) is 0 Å². The van der Waals surface area contributed by atoms with E-state index in [1.807, 2.05) is 0 Å². The number of piperidine rings is 1. The maximum atomic E-state index is 3.85. The lowest BCUT2D eigenvalue weighted by atomic mass is 9.92. The molecule has 0 spiro atoms. The Hall–Kier alpha value is -0.0800. The Morgan fingerprint density at radius 2 is 2.12 bits per heavy atom. The van der Waals surface area contributed by atoms with Crippen LogP contribution in [0, 0.1) is 11.3 Å². The molecule has 0 aromatic carbocycles. The molecule has 1 aliphatic heterocycles. The topological polar surface area (TPSA) is 15.3 Å². The van der Waals surface area contributed by atoms with E-state index in [0.29, 0.717) is 5.41 Å². The van der Waals surface area contributed by atoms with Gasteiger partial charge in [0.15, 0.2) is 0 Å². The summed E-state index contributed by atoms with van der Waals surface area (Å²) in [5, 5.41) is 3.85. The maximum absolute atomic E-state index is 3.85. The first-order valence-corrected chi connectivity index (χ1v) is 7.07. The number of likely N-dealkylation sites (tertiary alicyclic amines) is 1. The van der Waals surface area contributed by atoms with E-state index in [1.54, 1.807) is 0 Å². The highest BCUT2D eigenvalue weighted by atomic mass is 15.1. The van der Waals surface area contributed by atoms with E-state index >= 15 is 0 Å². The van der Waals surface area contributed by atoms with E-state index in [4.69, 9.17) is 0 Å². The summed E-state index contributed by atoms with van der Waals surface area (Å²) >= 11 is 0. The van der Waals surface area contributed by atoms with Crippen LogP contribution in [0.2, 0.25) is 0 Å². The summed E-state index contributed by atoms with van der Waals surface area (Å²) in [5.41, 5.74) is 0.706. The average molecular weight is 224 g/mol. The Morgan fingerprint density at radius 3 is 2.69 bits per heavy atom. The molecular weight excluding hydrogens is 196 g/mol. The highest BCUT2D eigenvalue weighted by Crippen LogP contribution is 2.49. The van der Waals surface area contributed by atoms with Crippen LogP contribution in [0.4, 0.5) is 0 Å². The molecule has 2 nitrogen and oxygen atoms in total. The van der Waals surface area contributed by atoms with Gasteiger partial charge in [0, 0.05) is 19.1 Å².